The van der Waals surface area contributed by atoms with Crippen LogP contribution in [-0.4, -0.2) is 39.1 Å². The van der Waals surface area contributed by atoms with E-state index in [4.69, 9.17) is 0 Å². The minimum Gasteiger partial charge on any atom is -0.384 e. The predicted molar refractivity (Wildman–Crippen MR) is 92.2 cm³/mol. The molecule has 0 aromatic carbocycles. The molecule has 2 heterocycles. The van der Waals surface area contributed by atoms with Crippen molar-refractivity contribution in [3.8, 4) is 0 Å². The molecule has 0 radical (unpaired) electrons. The average molecular weight is 361 g/mol. The molecule has 2 aliphatic rings. The van der Waals surface area contributed by atoms with Gasteiger partial charge >= 0.3 is 0 Å². The zero-order chi connectivity index (χ0) is 18.3. The number of nitrogens with zero attached hydrogens (tertiary/aromatic N) is 2. The zero-order valence-corrected chi connectivity index (χ0v) is 14.3. The fraction of sp³-hybridized carbons (Fsp3) is 0.526. The molecule has 0 atom stereocenters. The maximum atomic E-state index is 12.8. The Morgan fingerprint density at radius 2 is 1.88 bits per heavy atom. The Morgan fingerprint density at radius 3 is 2.54 bits per heavy atom. The van der Waals surface area contributed by atoms with Crippen LogP contribution in [0.1, 0.15) is 60.5 Å². The summed E-state index contributed by atoms with van der Waals surface area (Å²) < 4.78 is 25.7. The van der Waals surface area contributed by atoms with Crippen LogP contribution in [0.25, 0.3) is 10.9 Å². The van der Waals surface area contributed by atoms with Gasteiger partial charge in [0.1, 0.15) is 5.60 Å². The summed E-state index contributed by atoms with van der Waals surface area (Å²) in [5.41, 5.74) is 0.374. The van der Waals surface area contributed by atoms with Crippen molar-refractivity contribution in [1.29, 1.82) is 0 Å². The van der Waals surface area contributed by atoms with E-state index in [1.165, 1.54) is 19.0 Å². The van der Waals surface area contributed by atoms with Crippen molar-refractivity contribution in [3.05, 3.63) is 35.8 Å². The third-order valence-electron chi connectivity index (χ3n) is 5.44. The number of rotatable bonds is 4. The van der Waals surface area contributed by atoms with Crippen LogP contribution in [0.2, 0.25) is 0 Å². The van der Waals surface area contributed by atoms with Gasteiger partial charge in [-0.1, -0.05) is 0 Å². The van der Waals surface area contributed by atoms with Crippen LogP contribution in [0, 0.1) is 0 Å². The number of fused-ring (bicyclic) bond motifs is 1. The summed E-state index contributed by atoms with van der Waals surface area (Å²) in [5, 5.41) is 13.5. The molecule has 7 heteroatoms. The SMILES string of the molecule is O=C(N[C@H]1CC[C@](O)(C(F)F)CC1)c1cnc2cc(C3CC3)ncc2c1. The molecule has 1 amide bonds. The largest absolute Gasteiger partial charge is 0.384 e. The van der Waals surface area contributed by atoms with Crippen LogP contribution in [0.4, 0.5) is 8.78 Å². The van der Waals surface area contributed by atoms with Crippen LogP contribution >= 0.6 is 0 Å². The fourth-order valence-electron chi connectivity index (χ4n) is 3.51. The third-order valence-corrected chi connectivity index (χ3v) is 5.44. The van der Waals surface area contributed by atoms with Crippen LogP contribution in [0.15, 0.2) is 24.5 Å². The number of hydrogen-bond acceptors (Lipinski definition) is 4. The first-order chi connectivity index (χ1) is 12.4. The highest BCUT2D eigenvalue weighted by Crippen LogP contribution is 2.39. The molecule has 5 nitrogen and oxygen atoms in total. The molecule has 2 aliphatic carbocycles. The van der Waals surface area contributed by atoms with Gasteiger partial charge in [-0.25, -0.2) is 8.78 Å². The first kappa shape index (κ1) is 17.3. The molecule has 0 aliphatic heterocycles. The summed E-state index contributed by atoms with van der Waals surface area (Å²) in [6.45, 7) is 0. The Bertz CT molecular complexity index is 831. The monoisotopic (exact) mass is 361 g/mol. The number of amides is 1. The number of aliphatic hydroxyl groups is 1. The number of halogens is 2. The number of pyridine rings is 2. The quantitative estimate of drug-likeness (QED) is 0.877. The van der Waals surface area contributed by atoms with Crippen molar-refractivity contribution < 1.29 is 18.7 Å². The van der Waals surface area contributed by atoms with Crippen molar-refractivity contribution in [3.63, 3.8) is 0 Å². The Balaban J connectivity index is 1.42. The first-order valence-corrected chi connectivity index (χ1v) is 9.02. The van der Waals surface area contributed by atoms with E-state index < -0.39 is 12.0 Å². The molecule has 2 aromatic rings. The third kappa shape index (κ3) is 3.40. The van der Waals surface area contributed by atoms with Crippen molar-refractivity contribution in [1.82, 2.24) is 15.3 Å². The van der Waals surface area contributed by atoms with Gasteiger partial charge in [0.25, 0.3) is 12.3 Å². The second-order valence-corrected chi connectivity index (χ2v) is 7.45. The van der Waals surface area contributed by atoms with E-state index in [1.807, 2.05) is 6.07 Å². The fourth-order valence-corrected chi connectivity index (χ4v) is 3.51. The lowest BCUT2D eigenvalue weighted by Crippen LogP contribution is -2.46. The van der Waals surface area contributed by atoms with Crippen LogP contribution < -0.4 is 5.32 Å². The maximum Gasteiger partial charge on any atom is 0.266 e. The topological polar surface area (TPSA) is 75.1 Å². The maximum absolute atomic E-state index is 12.8. The van der Waals surface area contributed by atoms with Gasteiger partial charge in [0.2, 0.25) is 0 Å². The van der Waals surface area contributed by atoms with Gasteiger partial charge in [0.15, 0.2) is 0 Å². The molecular weight excluding hydrogens is 340 g/mol. The number of hydrogen-bond donors (Lipinski definition) is 2. The van der Waals surface area contributed by atoms with Gasteiger partial charge in [-0.15, -0.1) is 0 Å². The molecule has 2 aromatic heterocycles. The summed E-state index contributed by atoms with van der Waals surface area (Å²) in [7, 11) is 0. The summed E-state index contributed by atoms with van der Waals surface area (Å²) >= 11 is 0. The molecule has 2 fully saturated rings. The summed E-state index contributed by atoms with van der Waals surface area (Å²) in [4.78, 5) is 21.3. The Hall–Kier alpha value is -2.15. The summed E-state index contributed by atoms with van der Waals surface area (Å²) in [5.74, 6) is 0.264. The van der Waals surface area contributed by atoms with E-state index in [0.29, 0.717) is 24.3 Å². The molecular formula is C19H21F2N3O2. The second-order valence-electron chi connectivity index (χ2n) is 7.45. The predicted octanol–water partition coefficient (Wildman–Crippen LogP) is 3.18. The smallest absolute Gasteiger partial charge is 0.266 e. The average Bonchev–Trinajstić information content (AvgIpc) is 3.48. The van der Waals surface area contributed by atoms with E-state index in [1.54, 1.807) is 12.3 Å². The van der Waals surface area contributed by atoms with Crippen molar-refractivity contribution in [2.75, 3.05) is 0 Å². The number of nitrogens with one attached hydrogen (secondary N) is 1. The van der Waals surface area contributed by atoms with Crippen molar-refractivity contribution in [2.45, 2.75) is 62.5 Å². The van der Waals surface area contributed by atoms with E-state index in [2.05, 4.69) is 15.3 Å². The van der Waals surface area contributed by atoms with Crippen LogP contribution in [0.5, 0.6) is 0 Å². The molecule has 0 bridgehead atoms. The van der Waals surface area contributed by atoms with E-state index >= 15 is 0 Å². The standard InChI is InChI=1S/C19H21F2N3O2/c20-18(21)19(26)5-3-14(4-6-19)24-17(25)13-7-12-9-22-15(11-1-2-11)8-16(12)23-10-13/h7-11,14,18,26H,1-6H2,(H,24,25)/t14-,19+. The van der Waals surface area contributed by atoms with Gasteiger partial charge in [-0.2, -0.15) is 0 Å². The Labute approximate surface area is 149 Å². The normalized spacial score (nSPS) is 26.2. The molecule has 26 heavy (non-hydrogen) atoms. The molecule has 4 rings (SSSR count). The molecule has 0 unspecified atom stereocenters. The van der Waals surface area contributed by atoms with Gasteiger partial charge in [0, 0.05) is 35.4 Å². The molecule has 138 valence electrons. The highest BCUT2D eigenvalue weighted by Gasteiger charge is 2.41. The Kier molecular flexibility index (Phi) is 4.34. The first-order valence-electron chi connectivity index (χ1n) is 9.02. The van der Waals surface area contributed by atoms with E-state index in [0.717, 1.165) is 16.6 Å². The van der Waals surface area contributed by atoms with Gasteiger partial charge in [-0.3, -0.25) is 14.8 Å². The number of aromatic nitrogens is 2. The van der Waals surface area contributed by atoms with Gasteiger partial charge < -0.3 is 10.4 Å². The van der Waals surface area contributed by atoms with E-state index in [9.17, 15) is 18.7 Å². The van der Waals surface area contributed by atoms with Gasteiger partial charge in [0.05, 0.1) is 11.1 Å². The van der Waals surface area contributed by atoms with Gasteiger partial charge in [-0.05, 0) is 50.7 Å². The molecule has 2 saturated carbocycles. The molecule has 0 spiro atoms. The Morgan fingerprint density at radius 1 is 1.15 bits per heavy atom. The number of alkyl halides is 2. The van der Waals surface area contributed by atoms with E-state index in [-0.39, 0.29) is 24.8 Å². The second kappa shape index (κ2) is 6.54. The van der Waals surface area contributed by atoms with Crippen molar-refractivity contribution >= 4 is 16.8 Å². The highest BCUT2D eigenvalue weighted by molar-refractivity contribution is 5.97. The van der Waals surface area contributed by atoms with Crippen molar-refractivity contribution in [2.24, 2.45) is 0 Å². The minimum absolute atomic E-state index is 0.0144. The summed E-state index contributed by atoms with van der Waals surface area (Å²) in [6.07, 6.45) is 3.50. The lowest BCUT2D eigenvalue weighted by atomic mass is 9.82. The van der Waals surface area contributed by atoms with Crippen LogP contribution in [0.3, 0.4) is 0 Å². The number of carbonyl (C=O) groups is 1. The molecule has 2 N–H and O–H groups in total. The lowest BCUT2D eigenvalue weighted by Gasteiger charge is -2.35. The summed E-state index contributed by atoms with van der Waals surface area (Å²) in [6, 6.07) is 3.51. The zero-order valence-electron chi connectivity index (χ0n) is 14.3. The minimum atomic E-state index is -2.75. The van der Waals surface area contributed by atoms with Crippen LogP contribution in [-0.2, 0) is 0 Å². The highest BCUT2D eigenvalue weighted by atomic mass is 19.3. The number of carbonyl (C=O) groups excluding carboxylic acids is 1. The lowest BCUT2D eigenvalue weighted by molar-refractivity contribution is -0.119. The molecule has 0 saturated heterocycles.